The molecule has 1 amide bonds. The standard InChI is InChI=1S/C22H17F6NO4S2/c23-21(24,25)14-7-5-12(10-15(14)22(26,27)28)16-8-6-13(33-16)11-17-19(32)29(20(34)35-17)9-3-1-2-4-18(30)31/h5-8,10-11H,1-4,9H2,(H,30,31)/b17-11-. The smallest absolute Gasteiger partial charge is 0.417 e. The lowest BCUT2D eigenvalue weighted by molar-refractivity contribution is -0.162. The van der Waals surface area contributed by atoms with E-state index in [0.29, 0.717) is 42.3 Å². The Bertz CT molecular complexity index is 1170. The molecule has 1 N–H and O–H groups in total. The molecule has 0 unspecified atom stereocenters. The number of unbranched alkanes of at least 4 members (excludes halogenated alkanes) is 2. The number of thiocarbonyl (C=S) groups is 1. The lowest BCUT2D eigenvalue weighted by Crippen LogP contribution is -2.29. The van der Waals surface area contributed by atoms with Gasteiger partial charge in [-0.2, -0.15) is 26.3 Å². The maximum Gasteiger partial charge on any atom is 0.417 e. The highest BCUT2D eigenvalue weighted by molar-refractivity contribution is 8.26. The Labute approximate surface area is 204 Å². The highest BCUT2D eigenvalue weighted by Crippen LogP contribution is 2.42. The van der Waals surface area contributed by atoms with Crippen molar-refractivity contribution in [1.29, 1.82) is 0 Å². The number of furan rings is 1. The summed E-state index contributed by atoms with van der Waals surface area (Å²) >= 11 is 6.21. The number of hydrogen-bond donors (Lipinski definition) is 1. The van der Waals surface area contributed by atoms with Crippen molar-refractivity contribution in [1.82, 2.24) is 4.90 Å². The first-order valence-electron chi connectivity index (χ1n) is 10.1. The summed E-state index contributed by atoms with van der Waals surface area (Å²) in [7, 11) is 0. The maximum absolute atomic E-state index is 13.2. The van der Waals surface area contributed by atoms with Crippen LogP contribution in [0.25, 0.3) is 17.4 Å². The normalized spacial score (nSPS) is 15.9. The van der Waals surface area contributed by atoms with Gasteiger partial charge in [0.2, 0.25) is 0 Å². The van der Waals surface area contributed by atoms with Crippen molar-refractivity contribution < 1.29 is 45.5 Å². The van der Waals surface area contributed by atoms with Crippen LogP contribution in [0.15, 0.2) is 39.7 Å². The molecule has 1 saturated heterocycles. The van der Waals surface area contributed by atoms with Crippen LogP contribution in [0.5, 0.6) is 0 Å². The zero-order chi connectivity index (χ0) is 26.0. The summed E-state index contributed by atoms with van der Waals surface area (Å²) in [5.41, 5.74) is -3.84. The van der Waals surface area contributed by atoms with E-state index in [2.05, 4.69) is 0 Å². The average Bonchev–Trinajstić information content (AvgIpc) is 3.31. The van der Waals surface area contributed by atoms with Crippen LogP contribution in [0, 0.1) is 0 Å². The first-order chi connectivity index (χ1) is 16.3. The third-order valence-corrected chi connectivity index (χ3v) is 6.34. The van der Waals surface area contributed by atoms with E-state index in [0.717, 1.165) is 17.8 Å². The minimum atomic E-state index is -5.22. The predicted octanol–water partition coefficient (Wildman–Crippen LogP) is 6.83. The number of aliphatic carboxylic acids is 1. The van der Waals surface area contributed by atoms with Gasteiger partial charge in [-0.3, -0.25) is 14.5 Å². The maximum atomic E-state index is 13.2. The summed E-state index contributed by atoms with van der Waals surface area (Å²) in [6.45, 7) is 0.302. The molecule has 1 aliphatic heterocycles. The second kappa shape index (κ2) is 10.4. The van der Waals surface area contributed by atoms with Crippen molar-refractivity contribution in [2.45, 2.75) is 38.0 Å². The molecule has 2 heterocycles. The Morgan fingerprint density at radius 3 is 2.34 bits per heavy atom. The van der Waals surface area contributed by atoms with E-state index in [1.807, 2.05) is 0 Å². The van der Waals surface area contributed by atoms with Crippen molar-refractivity contribution >= 4 is 46.3 Å². The number of nitrogens with zero attached hydrogens (tertiary/aromatic N) is 1. The van der Waals surface area contributed by atoms with E-state index in [9.17, 15) is 35.9 Å². The molecular weight excluding hydrogens is 520 g/mol. The molecule has 0 spiro atoms. The molecule has 188 valence electrons. The first kappa shape index (κ1) is 26.8. The van der Waals surface area contributed by atoms with Crippen LogP contribution in [0.1, 0.15) is 42.6 Å². The number of amides is 1. The number of carbonyl (C=O) groups is 2. The van der Waals surface area contributed by atoms with Crippen LogP contribution in [-0.2, 0) is 21.9 Å². The monoisotopic (exact) mass is 537 g/mol. The summed E-state index contributed by atoms with van der Waals surface area (Å²) < 4.78 is 84.4. The second-order valence-electron chi connectivity index (χ2n) is 7.50. The molecule has 1 aliphatic rings. The fraction of sp³-hybridized carbons (Fsp3) is 0.318. The number of carboxylic acids is 1. The highest BCUT2D eigenvalue weighted by Gasteiger charge is 2.43. The third kappa shape index (κ3) is 6.66. The number of carboxylic acid groups (broad SMARTS) is 1. The molecule has 0 saturated carbocycles. The minimum Gasteiger partial charge on any atom is -0.481 e. The summed E-state index contributed by atoms with van der Waals surface area (Å²) in [6.07, 6.45) is -7.41. The Hall–Kier alpha value is -2.80. The van der Waals surface area contributed by atoms with Crippen molar-refractivity contribution in [2.24, 2.45) is 0 Å². The van der Waals surface area contributed by atoms with Crippen molar-refractivity contribution in [3.05, 3.63) is 52.1 Å². The summed E-state index contributed by atoms with van der Waals surface area (Å²) in [5, 5.41) is 8.65. The van der Waals surface area contributed by atoms with Gasteiger partial charge in [0.05, 0.1) is 16.0 Å². The zero-order valence-corrected chi connectivity index (χ0v) is 19.3. The summed E-state index contributed by atoms with van der Waals surface area (Å²) in [4.78, 5) is 24.8. The van der Waals surface area contributed by atoms with E-state index < -0.39 is 35.4 Å². The van der Waals surface area contributed by atoms with Gasteiger partial charge in [0, 0.05) is 24.6 Å². The van der Waals surface area contributed by atoms with Crippen molar-refractivity contribution in [2.75, 3.05) is 6.54 Å². The average molecular weight is 538 g/mol. The Kier molecular flexibility index (Phi) is 8.00. The van der Waals surface area contributed by atoms with Gasteiger partial charge in [0.15, 0.2) is 0 Å². The van der Waals surface area contributed by atoms with Crippen LogP contribution >= 0.6 is 24.0 Å². The van der Waals surface area contributed by atoms with Crippen LogP contribution < -0.4 is 0 Å². The molecule has 35 heavy (non-hydrogen) atoms. The molecule has 0 atom stereocenters. The molecular formula is C22H17F6NO4S2. The highest BCUT2D eigenvalue weighted by atomic mass is 32.2. The van der Waals surface area contributed by atoms with Crippen LogP contribution in [0.3, 0.4) is 0 Å². The molecule has 5 nitrogen and oxygen atoms in total. The number of hydrogen-bond acceptors (Lipinski definition) is 5. The molecule has 3 rings (SSSR count). The predicted molar refractivity (Wildman–Crippen MR) is 120 cm³/mol. The summed E-state index contributed by atoms with van der Waals surface area (Å²) in [6, 6.07) is 4.26. The number of carbonyl (C=O) groups excluding carboxylic acids is 1. The number of alkyl halides is 6. The van der Waals surface area contributed by atoms with E-state index in [1.54, 1.807) is 0 Å². The molecule has 1 fully saturated rings. The minimum absolute atomic E-state index is 0.0303. The number of thioether (sulfide) groups is 1. The van der Waals surface area contributed by atoms with Crippen LogP contribution in [-0.4, -0.2) is 32.7 Å². The van der Waals surface area contributed by atoms with Gasteiger partial charge in [0.25, 0.3) is 5.91 Å². The Morgan fingerprint density at radius 1 is 1.03 bits per heavy atom. The molecule has 0 aliphatic carbocycles. The van der Waals surface area contributed by atoms with E-state index in [4.69, 9.17) is 21.7 Å². The van der Waals surface area contributed by atoms with E-state index >= 15 is 0 Å². The van der Waals surface area contributed by atoms with E-state index in [1.165, 1.54) is 23.1 Å². The molecule has 2 aromatic rings. The number of benzene rings is 1. The van der Waals surface area contributed by atoms with Crippen molar-refractivity contribution in [3.8, 4) is 11.3 Å². The van der Waals surface area contributed by atoms with Gasteiger partial charge < -0.3 is 9.52 Å². The van der Waals surface area contributed by atoms with Gasteiger partial charge in [0.1, 0.15) is 15.8 Å². The number of rotatable bonds is 8. The zero-order valence-electron chi connectivity index (χ0n) is 17.7. The number of halogens is 6. The molecule has 0 radical (unpaired) electrons. The fourth-order valence-electron chi connectivity index (χ4n) is 3.31. The van der Waals surface area contributed by atoms with Gasteiger partial charge in [-0.25, -0.2) is 0 Å². The Balaban J connectivity index is 1.75. The van der Waals surface area contributed by atoms with Gasteiger partial charge in [-0.15, -0.1) is 0 Å². The Morgan fingerprint density at radius 2 is 1.71 bits per heavy atom. The SMILES string of the molecule is O=C(O)CCCCCN1C(=O)/C(=C/c2ccc(-c3ccc(C(F)(F)F)c(C(F)(F)F)c3)o2)SC1=S. The third-order valence-electron chi connectivity index (χ3n) is 4.96. The van der Waals surface area contributed by atoms with Gasteiger partial charge in [-0.05, 0) is 37.1 Å². The molecule has 0 bridgehead atoms. The fourth-order valence-corrected chi connectivity index (χ4v) is 4.60. The molecule has 1 aromatic carbocycles. The topological polar surface area (TPSA) is 70.8 Å². The quantitative estimate of drug-likeness (QED) is 0.172. The lowest BCUT2D eigenvalue weighted by atomic mass is 10.0. The van der Waals surface area contributed by atoms with Gasteiger partial charge >= 0.3 is 18.3 Å². The molecule has 1 aromatic heterocycles. The van der Waals surface area contributed by atoms with Crippen LogP contribution in [0.4, 0.5) is 26.3 Å². The second-order valence-corrected chi connectivity index (χ2v) is 9.17. The van der Waals surface area contributed by atoms with Crippen LogP contribution in [0.2, 0.25) is 0 Å². The van der Waals surface area contributed by atoms with E-state index in [-0.39, 0.29) is 28.4 Å². The lowest BCUT2D eigenvalue weighted by Gasteiger charge is -2.16. The molecule has 13 heteroatoms. The first-order valence-corrected chi connectivity index (χ1v) is 11.4. The largest absolute Gasteiger partial charge is 0.481 e. The van der Waals surface area contributed by atoms with Crippen molar-refractivity contribution in [3.63, 3.8) is 0 Å². The summed E-state index contributed by atoms with van der Waals surface area (Å²) in [5.74, 6) is -1.30. The van der Waals surface area contributed by atoms with Gasteiger partial charge in [-0.1, -0.05) is 36.5 Å².